The summed E-state index contributed by atoms with van der Waals surface area (Å²) in [5, 5.41) is 7.23. The van der Waals surface area contributed by atoms with Gasteiger partial charge in [0.1, 0.15) is 18.1 Å². The van der Waals surface area contributed by atoms with Crippen LogP contribution in [0.4, 0.5) is 5.69 Å². The van der Waals surface area contributed by atoms with Gasteiger partial charge < -0.3 is 14.8 Å². The van der Waals surface area contributed by atoms with Crippen molar-refractivity contribution in [2.75, 3.05) is 12.4 Å². The summed E-state index contributed by atoms with van der Waals surface area (Å²) in [7, 11) is 1.58. The van der Waals surface area contributed by atoms with Gasteiger partial charge in [0, 0.05) is 16.3 Å². The van der Waals surface area contributed by atoms with Crippen LogP contribution in [-0.2, 0) is 16.2 Å². The lowest BCUT2D eigenvalue weighted by Crippen LogP contribution is -2.32. The van der Waals surface area contributed by atoms with Crippen molar-refractivity contribution in [3.63, 3.8) is 0 Å². The Morgan fingerprint density at radius 1 is 0.943 bits per heavy atom. The Balaban J connectivity index is 1.64. The zero-order valence-electron chi connectivity index (χ0n) is 20.4. The molecule has 3 aromatic carbocycles. The summed E-state index contributed by atoms with van der Waals surface area (Å²) in [6, 6.07) is 14.8. The van der Waals surface area contributed by atoms with Gasteiger partial charge in [-0.3, -0.25) is 9.59 Å². The van der Waals surface area contributed by atoms with E-state index in [2.05, 4.69) is 15.8 Å². The van der Waals surface area contributed by atoms with E-state index in [1.165, 1.54) is 6.21 Å². The second-order valence-corrected chi connectivity index (χ2v) is 8.58. The van der Waals surface area contributed by atoms with Crippen LogP contribution in [0.15, 0.2) is 53.6 Å². The first-order chi connectivity index (χ1) is 16.7. The Kier molecular flexibility index (Phi) is 8.49. The van der Waals surface area contributed by atoms with Gasteiger partial charge >= 0.3 is 11.8 Å². The van der Waals surface area contributed by atoms with E-state index in [1.54, 1.807) is 25.3 Å². The largest absolute Gasteiger partial charge is 0.496 e. The molecule has 0 unspecified atom stereocenters. The monoisotopic (exact) mass is 493 g/mol. The van der Waals surface area contributed by atoms with E-state index in [4.69, 9.17) is 21.1 Å². The van der Waals surface area contributed by atoms with Crippen molar-refractivity contribution < 1.29 is 19.1 Å². The number of hydrazone groups is 1. The summed E-state index contributed by atoms with van der Waals surface area (Å²) >= 11 is 6.23. The molecule has 0 bridgehead atoms. The van der Waals surface area contributed by atoms with Crippen LogP contribution in [-0.4, -0.2) is 25.1 Å². The molecule has 0 saturated carbocycles. The van der Waals surface area contributed by atoms with Crippen LogP contribution in [0.25, 0.3) is 0 Å². The Morgan fingerprint density at radius 2 is 1.66 bits per heavy atom. The first kappa shape index (κ1) is 25.8. The van der Waals surface area contributed by atoms with E-state index in [0.717, 1.165) is 32.8 Å². The van der Waals surface area contributed by atoms with E-state index in [0.29, 0.717) is 22.7 Å². The number of aryl methyl sites for hydroxylation is 4. The summed E-state index contributed by atoms with van der Waals surface area (Å²) in [6.45, 7) is 7.87. The van der Waals surface area contributed by atoms with E-state index in [-0.39, 0.29) is 6.61 Å². The third-order valence-electron chi connectivity index (χ3n) is 5.34. The molecule has 0 aliphatic rings. The van der Waals surface area contributed by atoms with Crippen LogP contribution in [0.2, 0.25) is 5.02 Å². The lowest BCUT2D eigenvalue weighted by atomic mass is 10.1. The highest BCUT2D eigenvalue weighted by Crippen LogP contribution is 2.27. The second-order valence-electron chi connectivity index (χ2n) is 8.20. The molecule has 0 heterocycles. The Morgan fingerprint density at radius 3 is 2.34 bits per heavy atom. The number of carbonyl (C=O) groups is 2. The van der Waals surface area contributed by atoms with Gasteiger partial charge in [0.05, 0.1) is 13.3 Å². The van der Waals surface area contributed by atoms with E-state index in [1.807, 2.05) is 58.0 Å². The van der Waals surface area contributed by atoms with Crippen LogP contribution < -0.4 is 20.2 Å². The molecule has 7 nitrogen and oxygen atoms in total. The van der Waals surface area contributed by atoms with Crippen molar-refractivity contribution >= 4 is 35.3 Å². The molecule has 3 rings (SSSR count). The third kappa shape index (κ3) is 6.83. The van der Waals surface area contributed by atoms with Gasteiger partial charge in [-0.1, -0.05) is 23.7 Å². The highest BCUT2D eigenvalue weighted by Gasteiger charge is 2.14. The van der Waals surface area contributed by atoms with Crippen molar-refractivity contribution in [2.45, 2.75) is 34.3 Å². The number of rotatable bonds is 7. The SMILES string of the molecule is COc1ccc(C=NNC(=O)C(=O)Nc2cc(C)ccc2C)cc1COc1cc(C)c(Cl)c(C)c1. The summed E-state index contributed by atoms with van der Waals surface area (Å²) in [5.41, 5.74) is 8.03. The highest BCUT2D eigenvalue weighted by molar-refractivity contribution is 6.39. The number of ether oxygens (including phenoxy) is 2. The highest BCUT2D eigenvalue weighted by atomic mass is 35.5. The number of hydrogen-bond acceptors (Lipinski definition) is 5. The van der Waals surface area contributed by atoms with Crippen LogP contribution in [0, 0.1) is 27.7 Å². The summed E-state index contributed by atoms with van der Waals surface area (Å²) < 4.78 is 11.4. The van der Waals surface area contributed by atoms with Crippen molar-refractivity contribution in [1.82, 2.24) is 5.43 Å². The number of halogens is 1. The number of carbonyl (C=O) groups excluding carboxylic acids is 2. The first-order valence-electron chi connectivity index (χ1n) is 11.0. The molecular formula is C27H28ClN3O4. The van der Waals surface area contributed by atoms with Crippen molar-refractivity contribution in [3.8, 4) is 11.5 Å². The molecule has 0 spiro atoms. The maximum absolute atomic E-state index is 12.2. The minimum atomic E-state index is -0.868. The fourth-order valence-electron chi connectivity index (χ4n) is 3.41. The molecule has 0 aromatic heterocycles. The number of nitrogens with one attached hydrogen (secondary N) is 2. The van der Waals surface area contributed by atoms with Crippen molar-refractivity contribution in [3.05, 3.63) is 86.9 Å². The van der Waals surface area contributed by atoms with Crippen LogP contribution in [0.5, 0.6) is 11.5 Å². The molecule has 0 aliphatic carbocycles. The van der Waals surface area contributed by atoms with Gasteiger partial charge in [0.25, 0.3) is 0 Å². The molecule has 0 radical (unpaired) electrons. The smallest absolute Gasteiger partial charge is 0.329 e. The van der Waals surface area contributed by atoms with Crippen molar-refractivity contribution in [1.29, 1.82) is 0 Å². The number of amides is 2. The van der Waals surface area contributed by atoms with E-state index < -0.39 is 11.8 Å². The van der Waals surface area contributed by atoms with Gasteiger partial charge in [-0.25, -0.2) is 5.43 Å². The molecule has 0 saturated heterocycles. The average Bonchev–Trinajstić information content (AvgIpc) is 2.83. The number of benzene rings is 3. The number of anilines is 1. The lowest BCUT2D eigenvalue weighted by Gasteiger charge is -2.13. The maximum atomic E-state index is 12.2. The van der Waals surface area contributed by atoms with Gasteiger partial charge in [0.15, 0.2) is 0 Å². The molecule has 35 heavy (non-hydrogen) atoms. The van der Waals surface area contributed by atoms with Gasteiger partial charge in [-0.05, 0) is 91.9 Å². The van der Waals surface area contributed by atoms with Gasteiger partial charge in [-0.15, -0.1) is 0 Å². The predicted octanol–water partition coefficient (Wildman–Crippen LogP) is 5.25. The molecule has 3 aromatic rings. The Hall–Kier alpha value is -3.84. The van der Waals surface area contributed by atoms with Gasteiger partial charge in [-0.2, -0.15) is 5.10 Å². The number of methoxy groups -OCH3 is 1. The minimum absolute atomic E-state index is 0.260. The number of hydrogen-bond donors (Lipinski definition) is 2. The fraction of sp³-hybridized carbons (Fsp3) is 0.222. The van der Waals surface area contributed by atoms with Crippen LogP contribution in [0.1, 0.15) is 33.4 Å². The molecule has 2 amide bonds. The first-order valence-corrected chi connectivity index (χ1v) is 11.3. The maximum Gasteiger partial charge on any atom is 0.329 e. The molecule has 2 N–H and O–H groups in total. The summed E-state index contributed by atoms with van der Waals surface area (Å²) in [5.74, 6) is -0.310. The van der Waals surface area contributed by atoms with Crippen LogP contribution in [0.3, 0.4) is 0 Å². The van der Waals surface area contributed by atoms with Crippen LogP contribution >= 0.6 is 11.6 Å². The third-order valence-corrected chi connectivity index (χ3v) is 5.93. The average molecular weight is 494 g/mol. The van der Waals surface area contributed by atoms with Gasteiger partial charge in [0.2, 0.25) is 0 Å². The summed E-state index contributed by atoms with van der Waals surface area (Å²) in [4.78, 5) is 24.4. The summed E-state index contributed by atoms with van der Waals surface area (Å²) in [6.07, 6.45) is 1.45. The quantitative estimate of drug-likeness (QED) is 0.267. The minimum Gasteiger partial charge on any atom is -0.496 e. The molecule has 0 atom stereocenters. The lowest BCUT2D eigenvalue weighted by molar-refractivity contribution is -0.136. The standard InChI is InChI=1S/C27H28ClN3O4/c1-16-6-7-17(2)23(10-16)30-26(32)27(33)31-29-14-20-8-9-24(34-5)21(13-20)15-35-22-11-18(3)25(28)19(4)12-22/h6-14H,15H2,1-5H3,(H,30,32)(H,31,33). The fourth-order valence-corrected chi connectivity index (χ4v) is 3.52. The zero-order chi connectivity index (χ0) is 25.5. The molecule has 0 fully saturated rings. The van der Waals surface area contributed by atoms with E-state index >= 15 is 0 Å². The van der Waals surface area contributed by atoms with Crippen molar-refractivity contribution in [2.24, 2.45) is 5.10 Å². The zero-order valence-corrected chi connectivity index (χ0v) is 21.1. The molecule has 8 heteroatoms. The molecule has 182 valence electrons. The molecule has 0 aliphatic heterocycles. The topological polar surface area (TPSA) is 89.0 Å². The Labute approximate surface area is 210 Å². The second kappa shape index (κ2) is 11.5. The normalized spacial score (nSPS) is 10.8. The van der Waals surface area contributed by atoms with E-state index in [9.17, 15) is 9.59 Å². The molecular weight excluding hydrogens is 466 g/mol. The predicted molar refractivity (Wildman–Crippen MR) is 139 cm³/mol. The Bertz CT molecular complexity index is 1260. The number of nitrogens with zero attached hydrogens (tertiary/aromatic N) is 1.